The normalized spacial score (nSPS) is 12.7. The van der Waals surface area contributed by atoms with Gasteiger partial charge in [-0.15, -0.1) is 5.10 Å². The molecule has 0 saturated carbocycles. The third kappa shape index (κ3) is 3.93. The van der Waals surface area contributed by atoms with Gasteiger partial charge in [0.05, 0.1) is 0 Å². The lowest BCUT2D eigenvalue weighted by atomic mass is 10.2. The average Bonchev–Trinajstić information content (AvgIpc) is 2.86. The Balaban J connectivity index is 1.99. The first-order chi connectivity index (χ1) is 9.58. The Morgan fingerprint density at radius 1 is 1.30 bits per heavy atom. The Morgan fingerprint density at radius 2 is 2.00 bits per heavy atom. The van der Waals surface area contributed by atoms with Gasteiger partial charge in [-0.1, -0.05) is 30.8 Å². The van der Waals surface area contributed by atoms with E-state index in [1.54, 1.807) is 12.1 Å². The fourth-order valence-corrected chi connectivity index (χ4v) is 2.51. The van der Waals surface area contributed by atoms with Gasteiger partial charge in [0.15, 0.2) is 0 Å². The van der Waals surface area contributed by atoms with Gasteiger partial charge in [-0.25, -0.2) is 4.98 Å². The number of thioether (sulfide) groups is 1. The number of halogens is 2. The number of ether oxygens (including phenoxy) is 1. The van der Waals surface area contributed by atoms with Crippen LogP contribution < -0.4 is 4.74 Å². The zero-order chi connectivity index (χ0) is 14.5. The Bertz CT molecular complexity index is 545. The lowest BCUT2D eigenvalue weighted by Gasteiger charge is -2.10. The fraction of sp³-hybridized carbons (Fsp3) is 0.385. The van der Waals surface area contributed by atoms with Crippen molar-refractivity contribution >= 4 is 11.8 Å². The second kappa shape index (κ2) is 6.69. The van der Waals surface area contributed by atoms with E-state index in [0.717, 1.165) is 17.8 Å². The molecule has 7 heteroatoms. The number of aromatic amines is 1. The highest BCUT2D eigenvalue weighted by molar-refractivity contribution is 7.99. The van der Waals surface area contributed by atoms with E-state index in [1.165, 1.54) is 23.9 Å². The van der Waals surface area contributed by atoms with E-state index in [-0.39, 0.29) is 11.0 Å². The van der Waals surface area contributed by atoms with Crippen molar-refractivity contribution in [3.8, 4) is 5.75 Å². The minimum absolute atomic E-state index is 0.121. The summed E-state index contributed by atoms with van der Waals surface area (Å²) in [6.07, 6.45) is 0.807. The highest BCUT2D eigenvalue weighted by atomic mass is 32.2. The topological polar surface area (TPSA) is 50.8 Å². The monoisotopic (exact) mass is 299 g/mol. The molecule has 108 valence electrons. The maximum Gasteiger partial charge on any atom is 0.387 e. The van der Waals surface area contributed by atoms with Crippen molar-refractivity contribution < 1.29 is 13.5 Å². The smallest absolute Gasteiger partial charge is 0.387 e. The molecule has 1 heterocycles. The van der Waals surface area contributed by atoms with E-state index in [0.29, 0.717) is 5.16 Å². The summed E-state index contributed by atoms with van der Waals surface area (Å²) in [5.74, 6) is 1.01. The molecular formula is C13H15F2N3OS. The standard InChI is InChI=1S/C13H15F2N3OS/c1-3-11-16-13(18-17-11)20-8(2)9-4-6-10(7-5-9)19-12(14)15/h4-8,12H,3H2,1-2H3,(H,16,17,18). The Hall–Kier alpha value is -1.63. The number of alkyl halides is 2. The van der Waals surface area contributed by atoms with Gasteiger partial charge in [0.25, 0.3) is 0 Å². The van der Waals surface area contributed by atoms with Gasteiger partial charge in [-0.2, -0.15) is 8.78 Å². The van der Waals surface area contributed by atoms with Crippen LogP contribution in [0.15, 0.2) is 29.4 Å². The molecule has 0 amide bonds. The number of hydrogen-bond acceptors (Lipinski definition) is 4. The second-order valence-electron chi connectivity index (χ2n) is 4.13. The fourth-order valence-electron chi connectivity index (χ4n) is 1.64. The Morgan fingerprint density at radius 3 is 2.55 bits per heavy atom. The first-order valence-electron chi connectivity index (χ1n) is 6.21. The van der Waals surface area contributed by atoms with Crippen molar-refractivity contribution in [3.05, 3.63) is 35.7 Å². The summed E-state index contributed by atoms with van der Waals surface area (Å²) in [6, 6.07) is 6.60. The van der Waals surface area contributed by atoms with Crippen LogP contribution in [0.2, 0.25) is 0 Å². The SMILES string of the molecule is CCc1nc(SC(C)c2ccc(OC(F)F)cc2)n[nH]1. The van der Waals surface area contributed by atoms with Gasteiger partial charge in [0, 0.05) is 11.7 Å². The van der Waals surface area contributed by atoms with E-state index >= 15 is 0 Å². The molecule has 0 aliphatic rings. The number of rotatable bonds is 6. The largest absolute Gasteiger partial charge is 0.435 e. The van der Waals surface area contributed by atoms with Crippen LogP contribution in [0.5, 0.6) is 5.75 Å². The first kappa shape index (κ1) is 14.8. The van der Waals surface area contributed by atoms with E-state index in [4.69, 9.17) is 0 Å². The summed E-state index contributed by atoms with van der Waals surface area (Å²) in [7, 11) is 0. The van der Waals surface area contributed by atoms with Gasteiger partial charge < -0.3 is 4.74 Å². The van der Waals surface area contributed by atoms with Crippen LogP contribution in [0.25, 0.3) is 0 Å². The van der Waals surface area contributed by atoms with Crippen LogP contribution in [-0.4, -0.2) is 21.8 Å². The summed E-state index contributed by atoms with van der Waals surface area (Å²) >= 11 is 1.51. The van der Waals surface area contributed by atoms with E-state index < -0.39 is 6.61 Å². The predicted octanol–water partition coefficient (Wildman–Crippen LogP) is 3.82. The summed E-state index contributed by atoms with van der Waals surface area (Å²) in [4.78, 5) is 4.32. The molecule has 0 aliphatic heterocycles. The molecule has 0 bridgehead atoms. The molecule has 1 aromatic carbocycles. The zero-order valence-corrected chi connectivity index (χ0v) is 12.0. The molecule has 20 heavy (non-hydrogen) atoms. The summed E-state index contributed by atoms with van der Waals surface area (Å²) in [6.45, 7) is 1.21. The lowest BCUT2D eigenvalue weighted by molar-refractivity contribution is -0.0498. The molecule has 1 unspecified atom stereocenters. The quantitative estimate of drug-likeness (QED) is 0.824. The van der Waals surface area contributed by atoms with Crippen molar-refractivity contribution in [3.63, 3.8) is 0 Å². The first-order valence-corrected chi connectivity index (χ1v) is 7.09. The number of benzene rings is 1. The number of aryl methyl sites for hydroxylation is 1. The molecule has 1 N–H and O–H groups in total. The molecule has 0 aliphatic carbocycles. The number of aromatic nitrogens is 3. The van der Waals surface area contributed by atoms with E-state index in [1.807, 2.05) is 13.8 Å². The van der Waals surface area contributed by atoms with Crippen LogP contribution >= 0.6 is 11.8 Å². The number of hydrogen-bond donors (Lipinski definition) is 1. The Labute approximate surface area is 119 Å². The summed E-state index contributed by atoms with van der Waals surface area (Å²) in [5.41, 5.74) is 1.000. The van der Waals surface area contributed by atoms with Gasteiger partial charge in [0.2, 0.25) is 5.16 Å². The van der Waals surface area contributed by atoms with Gasteiger partial charge >= 0.3 is 6.61 Å². The molecule has 2 aromatic rings. The molecular weight excluding hydrogens is 284 g/mol. The third-order valence-corrected chi connectivity index (χ3v) is 3.72. The average molecular weight is 299 g/mol. The maximum atomic E-state index is 12.1. The number of nitrogens with one attached hydrogen (secondary N) is 1. The Kier molecular flexibility index (Phi) is 4.94. The second-order valence-corrected chi connectivity index (χ2v) is 5.43. The van der Waals surface area contributed by atoms with Crippen LogP contribution in [0.1, 0.15) is 30.5 Å². The number of H-pyrrole nitrogens is 1. The third-order valence-electron chi connectivity index (χ3n) is 2.70. The minimum atomic E-state index is -2.80. The predicted molar refractivity (Wildman–Crippen MR) is 73.1 cm³/mol. The van der Waals surface area contributed by atoms with Crippen molar-refractivity contribution in [1.82, 2.24) is 15.2 Å². The van der Waals surface area contributed by atoms with E-state index in [2.05, 4.69) is 19.9 Å². The molecule has 0 spiro atoms. The van der Waals surface area contributed by atoms with Crippen molar-refractivity contribution in [1.29, 1.82) is 0 Å². The molecule has 0 saturated heterocycles. The summed E-state index contributed by atoms with van der Waals surface area (Å²) < 4.78 is 28.4. The molecule has 4 nitrogen and oxygen atoms in total. The maximum absolute atomic E-state index is 12.1. The van der Waals surface area contributed by atoms with Gasteiger partial charge in [0.1, 0.15) is 11.6 Å². The zero-order valence-electron chi connectivity index (χ0n) is 11.1. The van der Waals surface area contributed by atoms with Crippen LogP contribution in [0.3, 0.4) is 0 Å². The number of nitrogens with zero attached hydrogens (tertiary/aromatic N) is 2. The minimum Gasteiger partial charge on any atom is -0.435 e. The van der Waals surface area contributed by atoms with Crippen molar-refractivity contribution in [2.75, 3.05) is 0 Å². The molecule has 1 atom stereocenters. The van der Waals surface area contributed by atoms with Gasteiger partial charge in [-0.05, 0) is 24.6 Å². The van der Waals surface area contributed by atoms with Crippen molar-refractivity contribution in [2.45, 2.75) is 37.3 Å². The highest BCUT2D eigenvalue weighted by Gasteiger charge is 2.12. The highest BCUT2D eigenvalue weighted by Crippen LogP contribution is 2.33. The lowest BCUT2D eigenvalue weighted by Crippen LogP contribution is -2.01. The van der Waals surface area contributed by atoms with Crippen LogP contribution in [-0.2, 0) is 6.42 Å². The summed E-state index contributed by atoms with van der Waals surface area (Å²) in [5, 5.41) is 7.77. The van der Waals surface area contributed by atoms with Crippen LogP contribution in [0.4, 0.5) is 8.78 Å². The molecule has 1 aromatic heterocycles. The molecule has 0 fully saturated rings. The molecule has 2 rings (SSSR count). The van der Waals surface area contributed by atoms with Gasteiger partial charge in [-0.3, -0.25) is 5.10 Å². The van der Waals surface area contributed by atoms with E-state index in [9.17, 15) is 8.78 Å². The van der Waals surface area contributed by atoms with Crippen LogP contribution in [0, 0.1) is 0 Å². The molecule has 0 radical (unpaired) electrons. The van der Waals surface area contributed by atoms with Crippen molar-refractivity contribution in [2.24, 2.45) is 0 Å².